The molecule has 0 bridgehead atoms. The third-order valence-corrected chi connectivity index (χ3v) is 3.60. The largest absolute Gasteiger partial charge is 2.00 e. The molecule has 128 valence electrons. The van der Waals surface area contributed by atoms with E-state index in [0.29, 0.717) is 6.54 Å². The van der Waals surface area contributed by atoms with Crippen LogP contribution in [-0.4, -0.2) is 20.1 Å². The maximum Gasteiger partial charge on any atom is 2.00 e. The average molecular weight is 373 g/mol. The van der Waals surface area contributed by atoms with Crippen molar-refractivity contribution in [1.29, 1.82) is 0 Å². The minimum atomic E-state index is -0.574. The molecule has 5 heteroatoms. The number of rotatable bonds is 4. The fraction of sp³-hybridized carbons (Fsp3) is 0.100. The minimum absolute atomic E-state index is 0. The molecule has 0 aliphatic carbocycles. The summed E-state index contributed by atoms with van der Waals surface area (Å²) >= 11 is 0. The second-order valence-corrected chi connectivity index (χ2v) is 5.39. The third kappa shape index (κ3) is 5.54. The Labute approximate surface area is 158 Å². The summed E-state index contributed by atoms with van der Waals surface area (Å²) in [5.41, 5.74) is 2.75. The van der Waals surface area contributed by atoms with E-state index in [1.54, 1.807) is 4.68 Å². The molecule has 0 fully saturated rings. The Bertz CT molecular complexity index is 791. The van der Waals surface area contributed by atoms with E-state index in [4.69, 9.17) is 0 Å². The Balaban J connectivity index is 0.000000325. The molecule has 4 nitrogen and oxygen atoms in total. The van der Waals surface area contributed by atoms with Gasteiger partial charge in [0.15, 0.2) is 0 Å². The van der Waals surface area contributed by atoms with E-state index in [2.05, 4.69) is 10.3 Å². The molecule has 0 saturated carbocycles. The first-order chi connectivity index (χ1) is 11.8. The monoisotopic (exact) mass is 373 g/mol. The van der Waals surface area contributed by atoms with Crippen LogP contribution in [0.1, 0.15) is 11.7 Å². The second kappa shape index (κ2) is 9.74. The molecular weight excluding hydrogens is 354 g/mol. The van der Waals surface area contributed by atoms with Crippen LogP contribution < -0.4 is 0 Å². The van der Waals surface area contributed by atoms with Gasteiger partial charge in [-0.05, 0) is 11.8 Å². The van der Waals surface area contributed by atoms with Crippen molar-refractivity contribution in [2.75, 3.05) is 0 Å². The third-order valence-electron chi connectivity index (χ3n) is 3.60. The van der Waals surface area contributed by atoms with Gasteiger partial charge in [0.05, 0.1) is 12.6 Å². The molecule has 1 atom stereocenters. The van der Waals surface area contributed by atoms with Crippen molar-refractivity contribution in [3.05, 3.63) is 96.7 Å². The number of aromatic nitrogens is 3. The molecular formula is C20H19FeN3O. The van der Waals surface area contributed by atoms with Crippen molar-refractivity contribution in [3.8, 4) is 11.3 Å². The Morgan fingerprint density at radius 3 is 2.28 bits per heavy atom. The van der Waals surface area contributed by atoms with Gasteiger partial charge in [-0.25, -0.2) is 12.1 Å². The first kappa shape index (κ1) is 18.9. The van der Waals surface area contributed by atoms with Crippen molar-refractivity contribution in [2.24, 2.45) is 0 Å². The summed E-state index contributed by atoms with van der Waals surface area (Å²) in [5.74, 6) is 0. The van der Waals surface area contributed by atoms with E-state index in [1.807, 2.05) is 91.1 Å². The molecule has 0 aliphatic rings. The quantitative estimate of drug-likeness (QED) is 0.437. The zero-order valence-electron chi connectivity index (χ0n) is 13.6. The zero-order valence-corrected chi connectivity index (χ0v) is 14.7. The van der Waals surface area contributed by atoms with Gasteiger partial charge in [0, 0.05) is 5.69 Å². The van der Waals surface area contributed by atoms with Crippen LogP contribution in [0, 0.1) is 0 Å². The molecule has 0 unspecified atom stereocenters. The molecule has 0 spiro atoms. The predicted octanol–water partition coefficient (Wildman–Crippen LogP) is 3.80. The van der Waals surface area contributed by atoms with Crippen LogP contribution in [0.15, 0.2) is 91.1 Å². The van der Waals surface area contributed by atoms with Gasteiger partial charge in [0.2, 0.25) is 0 Å². The van der Waals surface area contributed by atoms with Crippen LogP contribution >= 0.6 is 0 Å². The summed E-state index contributed by atoms with van der Waals surface area (Å²) in [6.07, 6.45) is 1.28. The van der Waals surface area contributed by atoms with Crippen molar-refractivity contribution in [1.82, 2.24) is 15.0 Å². The molecule has 4 aromatic rings. The molecule has 0 aliphatic heterocycles. The van der Waals surface area contributed by atoms with E-state index in [9.17, 15) is 5.11 Å². The maximum atomic E-state index is 10.1. The molecule has 25 heavy (non-hydrogen) atoms. The fourth-order valence-corrected chi connectivity index (χ4v) is 2.34. The number of nitrogens with zero attached hydrogens (tertiary/aromatic N) is 3. The SMILES string of the molecule is O[C@@H](Cn1cc(-[c-]2cccc2)nn1)c1ccccc1.[Fe+2].c1cc[cH-]c1. The van der Waals surface area contributed by atoms with E-state index >= 15 is 0 Å². The summed E-state index contributed by atoms with van der Waals surface area (Å²) in [7, 11) is 0. The summed E-state index contributed by atoms with van der Waals surface area (Å²) < 4.78 is 1.67. The number of aliphatic hydroxyl groups excluding tert-OH is 1. The van der Waals surface area contributed by atoms with Gasteiger partial charge < -0.3 is 5.11 Å². The Morgan fingerprint density at radius 2 is 1.68 bits per heavy atom. The Kier molecular flexibility index (Phi) is 7.35. The smallest absolute Gasteiger partial charge is 0.387 e. The maximum absolute atomic E-state index is 10.1. The zero-order chi connectivity index (χ0) is 16.6. The van der Waals surface area contributed by atoms with Crippen molar-refractivity contribution in [3.63, 3.8) is 0 Å². The predicted molar refractivity (Wildman–Crippen MR) is 94.5 cm³/mol. The summed E-state index contributed by atoms with van der Waals surface area (Å²) in [4.78, 5) is 0. The van der Waals surface area contributed by atoms with Crippen molar-refractivity contribution >= 4 is 0 Å². The molecule has 4 rings (SSSR count). The number of aliphatic hydroxyl groups is 1. The van der Waals surface area contributed by atoms with Gasteiger partial charge in [-0.2, -0.15) is 35.4 Å². The first-order valence-electron chi connectivity index (χ1n) is 7.85. The van der Waals surface area contributed by atoms with E-state index in [1.165, 1.54) is 0 Å². The molecule has 1 heterocycles. The summed E-state index contributed by atoms with van der Waals surface area (Å²) in [5, 5.41) is 18.3. The topological polar surface area (TPSA) is 50.9 Å². The second-order valence-electron chi connectivity index (χ2n) is 5.39. The standard InChI is InChI=1S/C15H14N3O.C5H5.Fe/c19-15(13-8-2-1-3-9-13)11-18-10-14(16-17-18)12-6-4-5-7-12;1-2-4-5-3-1;/h1-10,15,19H,11H2;1-5H;/q2*-1;+2/t15-;;/m0../s1. The number of hydrogen-bond donors (Lipinski definition) is 1. The molecule has 0 saturated heterocycles. The fourth-order valence-electron chi connectivity index (χ4n) is 2.34. The van der Waals surface area contributed by atoms with Crippen LogP contribution in [-0.2, 0) is 23.6 Å². The summed E-state index contributed by atoms with van der Waals surface area (Å²) in [6, 6.07) is 27.5. The molecule has 0 amide bonds. The van der Waals surface area contributed by atoms with Crippen molar-refractivity contribution < 1.29 is 22.2 Å². The average Bonchev–Trinajstić information content (AvgIpc) is 3.38. The van der Waals surface area contributed by atoms with Crippen molar-refractivity contribution in [2.45, 2.75) is 12.6 Å². The van der Waals surface area contributed by atoms with Gasteiger partial charge in [-0.1, -0.05) is 41.1 Å². The van der Waals surface area contributed by atoms with Gasteiger partial charge in [0.25, 0.3) is 0 Å². The van der Waals surface area contributed by atoms with Gasteiger partial charge >= 0.3 is 17.1 Å². The number of benzene rings is 1. The molecule has 3 aromatic carbocycles. The van der Waals surface area contributed by atoms with Crippen LogP contribution in [0.2, 0.25) is 0 Å². The van der Waals surface area contributed by atoms with Crippen LogP contribution in [0.4, 0.5) is 0 Å². The molecule has 0 radical (unpaired) electrons. The van der Waals surface area contributed by atoms with Crippen LogP contribution in [0.3, 0.4) is 0 Å². The molecule has 1 aromatic heterocycles. The van der Waals surface area contributed by atoms with E-state index < -0.39 is 6.10 Å². The van der Waals surface area contributed by atoms with Crippen LogP contribution in [0.25, 0.3) is 11.3 Å². The minimum Gasteiger partial charge on any atom is -0.387 e. The molecule has 1 N–H and O–H groups in total. The van der Waals surface area contributed by atoms with E-state index in [-0.39, 0.29) is 17.1 Å². The Morgan fingerprint density at radius 1 is 1.00 bits per heavy atom. The van der Waals surface area contributed by atoms with Crippen LogP contribution in [0.5, 0.6) is 0 Å². The normalized spacial score (nSPS) is 11.1. The van der Waals surface area contributed by atoms with E-state index in [0.717, 1.165) is 16.8 Å². The Hall–Kier alpha value is -2.46. The summed E-state index contributed by atoms with van der Waals surface area (Å²) in [6.45, 7) is 0.401. The number of hydrogen-bond acceptors (Lipinski definition) is 3. The first-order valence-corrected chi connectivity index (χ1v) is 7.85. The van der Waals surface area contributed by atoms with Gasteiger partial charge in [0.1, 0.15) is 0 Å². The van der Waals surface area contributed by atoms with Gasteiger partial charge in [-0.3, -0.25) is 4.68 Å². The van der Waals surface area contributed by atoms with Gasteiger partial charge in [-0.15, -0.1) is 12.1 Å².